The van der Waals surface area contributed by atoms with E-state index in [2.05, 4.69) is 38.5 Å². The molecule has 0 unspecified atom stereocenters. The average Bonchev–Trinajstić information content (AvgIpc) is 3.45. The molecule has 0 spiro atoms. The number of hydrazone groups is 1. The number of urea groups is 1. The Morgan fingerprint density at radius 2 is 2.03 bits per heavy atom. The van der Waals surface area contributed by atoms with E-state index >= 15 is 0 Å². The number of rotatable bonds is 4. The van der Waals surface area contributed by atoms with Crippen LogP contribution < -0.4 is 5.73 Å². The molecule has 9 heteroatoms. The number of primary amides is 1. The Morgan fingerprint density at radius 3 is 2.80 bits per heavy atom. The number of aromatic nitrogens is 5. The smallest absolute Gasteiger partial charge is 0.334 e. The topological polar surface area (TPSA) is 115 Å². The van der Waals surface area contributed by atoms with Gasteiger partial charge < -0.3 is 5.73 Å². The minimum Gasteiger partial charge on any atom is -0.350 e. The molecule has 4 aromatic rings. The van der Waals surface area contributed by atoms with Gasteiger partial charge in [0.2, 0.25) is 0 Å². The molecular weight excluding hydrogens is 380 g/mol. The lowest BCUT2D eigenvalue weighted by molar-refractivity contribution is 0.220. The summed E-state index contributed by atoms with van der Waals surface area (Å²) < 4.78 is 1.78. The van der Waals surface area contributed by atoms with Crippen LogP contribution in [-0.2, 0) is 5.41 Å². The first-order valence-corrected chi connectivity index (χ1v) is 9.65. The minimum atomic E-state index is -0.636. The fourth-order valence-corrected chi connectivity index (χ4v) is 3.75. The monoisotopic (exact) mass is 400 g/mol. The Hall–Kier alpha value is -3.88. The molecule has 9 nitrogen and oxygen atoms in total. The SMILES string of the molecule is C/C(=N/N(C)C(N)=O)c1ccc2nnc(C3(c4ccc5ncccc5c4)CC3)n2n1. The van der Waals surface area contributed by atoms with Gasteiger partial charge in [0.1, 0.15) is 5.69 Å². The van der Waals surface area contributed by atoms with Crippen molar-refractivity contribution in [3.8, 4) is 0 Å². The number of carbonyl (C=O) groups is 1. The van der Waals surface area contributed by atoms with Gasteiger partial charge in [-0.05, 0) is 55.7 Å². The number of amides is 2. The molecule has 1 aliphatic rings. The minimum absolute atomic E-state index is 0.218. The largest absolute Gasteiger partial charge is 0.350 e. The van der Waals surface area contributed by atoms with Gasteiger partial charge in [0.25, 0.3) is 0 Å². The van der Waals surface area contributed by atoms with E-state index in [0.29, 0.717) is 17.1 Å². The van der Waals surface area contributed by atoms with Crippen LogP contribution in [0.4, 0.5) is 4.79 Å². The summed E-state index contributed by atoms with van der Waals surface area (Å²) in [5.41, 5.74) is 9.05. The van der Waals surface area contributed by atoms with Gasteiger partial charge in [0.15, 0.2) is 11.5 Å². The van der Waals surface area contributed by atoms with Crippen LogP contribution in [0.1, 0.15) is 36.8 Å². The van der Waals surface area contributed by atoms with Crippen LogP contribution in [0.3, 0.4) is 0 Å². The van der Waals surface area contributed by atoms with Crippen molar-refractivity contribution in [3.63, 3.8) is 0 Å². The van der Waals surface area contributed by atoms with Crippen molar-refractivity contribution in [3.05, 3.63) is 65.7 Å². The third-order valence-corrected chi connectivity index (χ3v) is 5.59. The molecular formula is C21H20N8O. The van der Waals surface area contributed by atoms with E-state index in [1.54, 1.807) is 17.6 Å². The van der Waals surface area contributed by atoms with E-state index in [-0.39, 0.29) is 5.41 Å². The van der Waals surface area contributed by atoms with Gasteiger partial charge in [-0.3, -0.25) is 4.98 Å². The molecule has 30 heavy (non-hydrogen) atoms. The summed E-state index contributed by atoms with van der Waals surface area (Å²) in [5.74, 6) is 0.804. The van der Waals surface area contributed by atoms with Gasteiger partial charge in [-0.25, -0.2) is 9.80 Å². The van der Waals surface area contributed by atoms with Crippen LogP contribution in [0.15, 0.2) is 53.8 Å². The Labute approximate surface area is 172 Å². The van der Waals surface area contributed by atoms with E-state index in [1.807, 2.05) is 24.3 Å². The molecule has 1 aromatic carbocycles. The van der Waals surface area contributed by atoms with Crippen molar-refractivity contribution in [1.82, 2.24) is 29.8 Å². The van der Waals surface area contributed by atoms with Gasteiger partial charge in [0.05, 0.1) is 16.6 Å². The van der Waals surface area contributed by atoms with Crippen molar-refractivity contribution in [2.24, 2.45) is 10.8 Å². The Kier molecular flexibility index (Phi) is 3.99. The highest BCUT2D eigenvalue weighted by Gasteiger charge is 2.50. The maximum absolute atomic E-state index is 11.3. The molecule has 0 aliphatic heterocycles. The number of hydrogen-bond donors (Lipinski definition) is 1. The summed E-state index contributed by atoms with van der Waals surface area (Å²) in [6.45, 7) is 1.78. The zero-order chi connectivity index (χ0) is 20.9. The predicted molar refractivity (Wildman–Crippen MR) is 112 cm³/mol. The number of nitrogens with zero attached hydrogens (tertiary/aromatic N) is 7. The fourth-order valence-electron chi connectivity index (χ4n) is 3.75. The Morgan fingerprint density at radius 1 is 1.20 bits per heavy atom. The van der Waals surface area contributed by atoms with Gasteiger partial charge in [0, 0.05) is 18.6 Å². The van der Waals surface area contributed by atoms with E-state index in [1.165, 1.54) is 12.6 Å². The van der Waals surface area contributed by atoms with E-state index in [9.17, 15) is 4.79 Å². The third kappa shape index (κ3) is 2.86. The molecule has 0 radical (unpaired) electrons. The lowest BCUT2D eigenvalue weighted by atomic mass is 9.94. The zero-order valence-corrected chi connectivity index (χ0v) is 16.6. The number of nitrogens with two attached hydrogens (primary N) is 1. The number of carbonyl (C=O) groups excluding carboxylic acids is 1. The van der Waals surface area contributed by atoms with Gasteiger partial charge in [-0.2, -0.15) is 14.7 Å². The Bertz CT molecular complexity index is 1320. The molecule has 150 valence electrons. The molecule has 1 aliphatic carbocycles. The van der Waals surface area contributed by atoms with Gasteiger partial charge in [-0.15, -0.1) is 10.2 Å². The number of fused-ring (bicyclic) bond motifs is 2. The molecule has 0 saturated heterocycles. The molecule has 0 atom stereocenters. The first kappa shape index (κ1) is 18.2. The van der Waals surface area contributed by atoms with Crippen molar-refractivity contribution in [2.45, 2.75) is 25.2 Å². The highest BCUT2D eigenvalue weighted by atomic mass is 16.2. The molecule has 1 fully saturated rings. The summed E-state index contributed by atoms with van der Waals surface area (Å²) in [6, 6.07) is 13.4. The third-order valence-electron chi connectivity index (χ3n) is 5.59. The summed E-state index contributed by atoms with van der Waals surface area (Å²) in [5, 5.41) is 19.9. The molecule has 5 rings (SSSR count). The molecule has 0 bridgehead atoms. The van der Waals surface area contributed by atoms with Crippen LogP contribution in [0.25, 0.3) is 16.6 Å². The average molecular weight is 400 g/mol. The molecule has 3 heterocycles. The second-order valence-corrected chi connectivity index (χ2v) is 7.55. The van der Waals surface area contributed by atoms with Crippen LogP contribution in [-0.4, -0.2) is 48.6 Å². The maximum atomic E-state index is 11.3. The number of benzene rings is 1. The zero-order valence-electron chi connectivity index (χ0n) is 16.6. The van der Waals surface area contributed by atoms with Crippen molar-refractivity contribution in [1.29, 1.82) is 0 Å². The van der Waals surface area contributed by atoms with Crippen LogP contribution in [0.5, 0.6) is 0 Å². The summed E-state index contributed by atoms with van der Waals surface area (Å²) in [7, 11) is 1.50. The molecule has 2 N–H and O–H groups in total. The quantitative estimate of drug-likeness (QED) is 0.417. The fraction of sp³-hybridized carbons (Fsp3) is 0.238. The van der Waals surface area contributed by atoms with Crippen LogP contribution in [0, 0.1) is 0 Å². The second kappa shape index (κ2) is 6.58. The predicted octanol–water partition coefficient (Wildman–Crippen LogP) is 2.49. The van der Waals surface area contributed by atoms with E-state index < -0.39 is 6.03 Å². The Balaban J connectivity index is 1.59. The van der Waals surface area contributed by atoms with E-state index in [0.717, 1.165) is 34.6 Å². The van der Waals surface area contributed by atoms with Crippen molar-refractivity contribution < 1.29 is 4.79 Å². The highest BCUT2D eigenvalue weighted by molar-refractivity contribution is 5.97. The summed E-state index contributed by atoms with van der Waals surface area (Å²) >= 11 is 0. The summed E-state index contributed by atoms with van der Waals surface area (Å²) in [4.78, 5) is 15.7. The van der Waals surface area contributed by atoms with Gasteiger partial charge in [-0.1, -0.05) is 12.1 Å². The second-order valence-electron chi connectivity index (χ2n) is 7.55. The van der Waals surface area contributed by atoms with Crippen LogP contribution in [0.2, 0.25) is 0 Å². The molecule has 1 saturated carbocycles. The number of hydrogen-bond acceptors (Lipinski definition) is 6. The molecule has 3 aromatic heterocycles. The number of pyridine rings is 1. The summed E-state index contributed by atoms with van der Waals surface area (Å²) in [6.07, 6.45) is 3.75. The highest BCUT2D eigenvalue weighted by Crippen LogP contribution is 2.53. The maximum Gasteiger partial charge on any atom is 0.334 e. The molecule has 2 amide bonds. The lowest BCUT2D eigenvalue weighted by Crippen LogP contribution is -2.28. The van der Waals surface area contributed by atoms with E-state index in [4.69, 9.17) is 10.8 Å². The van der Waals surface area contributed by atoms with Crippen molar-refractivity contribution >= 4 is 28.3 Å². The first-order valence-electron chi connectivity index (χ1n) is 9.65. The van der Waals surface area contributed by atoms with Gasteiger partial charge >= 0.3 is 6.03 Å². The normalized spacial score (nSPS) is 15.5. The first-order chi connectivity index (χ1) is 14.5. The standard InChI is InChI=1S/C21H20N8O/c1-13(26-28(2)20(22)30)16-7-8-18-24-25-19(29(18)27-16)21(9-10-21)15-5-6-17-14(12-15)4-3-11-23-17/h3-8,11-12H,9-10H2,1-2H3,(H2,22,30)/b26-13-. The van der Waals surface area contributed by atoms with Crippen LogP contribution >= 0.6 is 0 Å². The lowest BCUT2D eigenvalue weighted by Gasteiger charge is -2.15. The van der Waals surface area contributed by atoms with Crippen molar-refractivity contribution in [2.75, 3.05) is 7.05 Å².